The second kappa shape index (κ2) is 7.59. The third-order valence-corrected chi connectivity index (χ3v) is 4.20. The van der Waals surface area contributed by atoms with Gasteiger partial charge in [0, 0.05) is 17.7 Å². The lowest BCUT2D eigenvalue weighted by atomic mass is 10.3. The first-order valence-corrected chi connectivity index (χ1v) is 8.50. The van der Waals surface area contributed by atoms with E-state index in [-0.39, 0.29) is 18.0 Å². The molecule has 132 valence electrons. The summed E-state index contributed by atoms with van der Waals surface area (Å²) in [7, 11) is 1.63. The maximum atomic E-state index is 12.3. The lowest BCUT2D eigenvalue weighted by Gasteiger charge is -2.08. The van der Waals surface area contributed by atoms with Crippen LogP contribution in [0.2, 0.25) is 5.02 Å². The highest BCUT2D eigenvalue weighted by atomic mass is 79.9. The van der Waals surface area contributed by atoms with Crippen LogP contribution in [0, 0.1) is 11.3 Å². The van der Waals surface area contributed by atoms with Crippen molar-refractivity contribution in [3.63, 3.8) is 0 Å². The van der Waals surface area contributed by atoms with E-state index in [1.54, 1.807) is 31.4 Å². The van der Waals surface area contributed by atoms with Crippen molar-refractivity contribution in [2.75, 3.05) is 5.32 Å². The molecule has 0 atom stereocenters. The Morgan fingerprint density at radius 1 is 1.46 bits per heavy atom. The van der Waals surface area contributed by atoms with Crippen molar-refractivity contribution in [2.24, 2.45) is 7.05 Å². The Bertz CT molecular complexity index is 1010. The lowest BCUT2D eigenvalue weighted by Crippen LogP contribution is -2.17. The molecule has 1 aromatic carbocycles. The third kappa shape index (κ3) is 3.87. The first-order chi connectivity index (χ1) is 12.5. The van der Waals surface area contributed by atoms with E-state index < -0.39 is 5.91 Å². The number of hydrogen-bond acceptors (Lipinski definition) is 5. The molecule has 0 saturated carbocycles. The van der Waals surface area contributed by atoms with Crippen LogP contribution in [0.1, 0.15) is 16.1 Å². The number of carbonyl (C=O) groups is 1. The minimum Gasteiger partial charge on any atom is -0.470 e. The fourth-order valence-corrected chi connectivity index (χ4v) is 2.85. The average Bonchev–Trinajstić information content (AvgIpc) is 3.22. The van der Waals surface area contributed by atoms with Gasteiger partial charge in [-0.25, -0.2) is 4.68 Å². The largest absolute Gasteiger partial charge is 0.470 e. The van der Waals surface area contributed by atoms with Gasteiger partial charge in [-0.1, -0.05) is 27.5 Å². The Morgan fingerprint density at radius 2 is 2.27 bits per heavy atom. The molecule has 0 unspecified atom stereocenters. The van der Waals surface area contributed by atoms with Crippen LogP contribution >= 0.6 is 27.5 Å². The predicted molar refractivity (Wildman–Crippen MR) is 97.9 cm³/mol. The summed E-state index contributed by atoms with van der Waals surface area (Å²) < 4.78 is 9.31. The van der Waals surface area contributed by atoms with Crippen molar-refractivity contribution < 1.29 is 9.53 Å². The quantitative estimate of drug-likeness (QED) is 0.664. The van der Waals surface area contributed by atoms with Crippen LogP contribution in [-0.2, 0) is 13.8 Å². The second-order valence-corrected chi connectivity index (χ2v) is 6.51. The van der Waals surface area contributed by atoms with Gasteiger partial charge in [-0.15, -0.1) is 0 Å². The molecule has 10 heteroatoms. The minimum absolute atomic E-state index is 0.0871. The molecule has 0 spiro atoms. The number of hydrogen-bond donors (Lipinski definition) is 1. The van der Waals surface area contributed by atoms with E-state index in [1.165, 1.54) is 15.6 Å². The number of carbonyl (C=O) groups excluding carboxylic acids is 1. The number of amides is 1. The number of nitrogens with zero attached hydrogens (tertiary/aromatic N) is 5. The van der Waals surface area contributed by atoms with Crippen molar-refractivity contribution >= 4 is 39.3 Å². The Morgan fingerprint density at radius 3 is 3.00 bits per heavy atom. The van der Waals surface area contributed by atoms with Crippen LogP contribution in [0.4, 0.5) is 5.82 Å². The van der Waals surface area contributed by atoms with E-state index in [1.807, 2.05) is 12.1 Å². The monoisotopic (exact) mass is 434 g/mol. The molecule has 0 aliphatic carbocycles. The molecule has 0 saturated heterocycles. The number of ether oxygens (including phenoxy) is 1. The molecule has 1 amide bonds. The smallest absolute Gasteiger partial charge is 0.277 e. The Labute approximate surface area is 162 Å². The SMILES string of the molecule is Cn1ncc(C#N)c1NC(=O)c1ccn(COc2ccc(Br)cc2Cl)n1. The molecule has 0 fully saturated rings. The maximum Gasteiger partial charge on any atom is 0.277 e. The fraction of sp³-hybridized carbons (Fsp3) is 0.125. The Kier molecular flexibility index (Phi) is 5.25. The maximum absolute atomic E-state index is 12.3. The van der Waals surface area contributed by atoms with Gasteiger partial charge in [0.15, 0.2) is 12.4 Å². The number of anilines is 1. The fourth-order valence-electron chi connectivity index (χ4n) is 2.12. The molecule has 1 N–H and O–H groups in total. The number of nitrogens with one attached hydrogen (secondary N) is 1. The molecule has 2 heterocycles. The Balaban J connectivity index is 1.66. The number of rotatable bonds is 5. The zero-order valence-electron chi connectivity index (χ0n) is 13.5. The minimum atomic E-state index is -0.453. The summed E-state index contributed by atoms with van der Waals surface area (Å²) in [4.78, 5) is 12.3. The molecular weight excluding hydrogens is 424 g/mol. The second-order valence-electron chi connectivity index (χ2n) is 5.19. The van der Waals surface area contributed by atoms with E-state index in [0.29, 0.717) is 16.6 Å². The summed E-state index contributed by atoms with van der Waals surface area (Å²) >= 11 is 9.41. The van der Waals surface area contributed by atoms with Crippen LogP contribution in [0.15, 0.2) is 41.1 Å². The highest BCUT2D eigenvalue weighted by Gasteiger charge is 2.15. The molecule has 3 aromatic rings. The lowest BCUT2D eigenvalue weighted by molar-refractivity contribution is 0.101. The van der Waals surface area contributed by atoms with Gasteiger partial charge in [0.05, 0.1) is 11.2 Å². The molecule has 26 heavy (non-hydrogen) atoms. The molecular formula is C16H12BrClN6O2. The van der Waals surface area contributed by atoms with Crippen molar-refractivity contribution in [3.8, 4) is 11.8 Å². The number of nitriles is 1. The highest BCUT2D eigenvalue weighted by molar-refractivity contribution is 9.10. The highest BCUT2D eigenvalue weighted by Crippen LogP contribution is 2.27. The van der Waals surface area contributed by atoms with Gasteiger partial charge in [0.2, 0.25) is 0 Å². The predicted octanol–water partition coefficient (Wildman–Crippen LogP) is 3.19. The van der Waals surface area contributed by atoms with Crippen molar-refractivity contribution in [1.82, 2.24) is 19.6 Å². The summed E-state index contributed by atoms with van der Waals surface area (Å²) in [5.41, 5.74) is 0.453. The van der Waals surface area contributed by atoms with E-state index in [4.69, 9.17) is 21.6 Å². The summed E-state index contributed by atoms with van der Waals surface area (Å²) in [6.45, 7) is 0.0871. The molecule has 0 aliphatic rings. The number of halogens is 2. The first-order valence-electron chi connectivity index (χ1n) is 7.32. The van der Waals surface area contributed by atoms with Gasteiger partial charge in [-0.2, -0.15) is 15.5 Å². The van der Waals surface area contributed by atoms with Gasteiger partial charge in [0.25, 0.3) is 5.91 Å². The van der Waals surface area contributed by atoms with E-state index in [9.17, 15) is 4.79 Å². The van der Waals surface area contributed by atoms with Gasteiger partial charge < -0.3 is 10.1 Å². The zero-order chi connectivity index (χ0) is 18.7. The molecule has 8 nitrogen and oxygen atoms in total. The normalized spacial score (nSPS) is 10.4. The topological polar surface area (TPSA) is 97.8 Å². The standard InChI is InChI=1S/C16H12BrClN6O2/c1-23-15(10(7-19)8-20-23)21-16(25)13-4-5-24(22-13)9-26-14-3-2-11(17)6-12(14)18/h2-6,8H,9H2,1H3,(H,21,25). The number of benzene rings is 1. The number of aromatic nitrogens is 4. The van der Waals surface area contributed by atoms with Crippen molar-refractivity contribution in [2.45, 2.75) is 6.73 Å². The molecule has 2 aromatic heterocycles. The number of aryl methyl sites for hydroxylation is 1. The summed E-state index contributed by atoms with van der Waals surface area (Å²) in [6, 6.07) is 8.78. The van der Waals surface area contributed by atoms with Crippen LogP contribution in [-0.4, -0.2) is 25.5 Å². The average molecular weight is 436 g/mol. The Hall–Kier alpha value is -2.83. The molecule has 0 aliphatic heterocycles. The van der Waals surface area contributed by atoms with Crippen molar-refractivity contribution in [1.29, 1.82) is 5.26 Å². The van der Waals surface area contributed by atoms with Gasteiger partial charge in [0.1, 0.15) is 23.2 Å². The third-order valence-electron chi connectivity index (χ3n) is 3.41. The zero-order valence-corrected chi connectivity index (χ0v) is 15.8. The summed E-state index contributed by atoms with van der Waals surface area (Å²) in [6.07, 6.45) is 2.99. The van der Waals surface area contributed by atoms with Crippen LogP contribution < -0.4 is 10.1 Å². The van der Waals surface area contributed by atoms with Crippen molar-refractivity contribution in [3.05, 3.63) is 57.4 Å². The summed E-state index contributed by atoms with van der Waals surface area (Å²) in [5.74, 6) is 0.361. The first kappa shape index (κ1) is 18.0. The van der Waals surface area contributed by atoms with Crippen LogP contribution in [0.5, 0.6) is 5.75 Å². The van der Waals surface area contributed by atoms with Crippen LogP contribution in [0.25, 0.3) is 0 Å². The van der Waals surface area contributed by atoms with E-state index in [0.717, 1.165) is 4.47 Å². The van der Waals surface area contributed by atoms with E-state index in [2.05, 4.69) is 31.4 Å². The van der Waals surface area contributed by atoms with Gasteiger partial charge in [-0.05, 0) is 24.3 Å². The van der Waals surface area contributed by atoms with Crippen LogP contribution in [0.3, 0.4) is 0 Å². The van der Waals surface area contributed by atoms with E-state index >= 15 is 0 Å². The summed E-state index contributed by atoms with van der Waals surface area (Å²) in [5, 5.41) is 20.2. The molecule has 3 rings (SSSR count). The molecule has 0 bridgehead atoms. The molecule has 0 radical (unpaired) electrons. The van der Waals surface area contributed by atoms with Gasteiger partial charge in [-0.3, -0.25) is 9.48 Å². The van der Waals surface area contributed by atoms with Gasteiger partial charge >= 0.3 is 0 Å².